The van der Waals surface area contributed by atoms with Crippen molar-refractivity contribution in [3.63, 3.8) is 0 Å². The van der Waals surface area contributed by atoms with Crippen molar-refractivity contribution >= 4 is 17.3 Å². The summed E-state index contributed by atoms with van der Waals surface area (Å²) >= 11 is 0. The monoisotopic (exact) mass is 319 g/mol. The van der Waals surface area contributed by atoms with Gasteiger partial charge in [-0.3, -0.25) is 9.69 Å². The normalized spacial score (nSPS) is 15.8. The van der Waals surface area contributed by atoms with Crippen LogP contribution in [0, 0.1) is 0 Å². The topological polar surface area (TPSA) is 55.8 Å². The number of hydrogen-bond acceptors (Lipinski definition) is 4. The predicted octanol–water partition coefficient (Wildman–Crippen LogP) is 2.32. The first-order chi connectivity index (χ1) is 10.8. The Balaban J connectivity index is 1.84. The third-order valence-electron chi connectivity index (χ3n) is 3.94. The number of nitrogens with one attached hydrogen (secondary N) is 1. The van der Waals surface area contributed by atoms with Crippen molar-refractivity contribution < 1.29 is 9.90 Å². The molecule has 1 amide bonds. The molecule has 2 N–H and O–H groups in total. The Labute approximate surface area is 139 Å². The quantitative estimate of drug-likeness (QED) is 0.845. The first-order valence-corrected chi connectivity index (χ1v) is 8.39. The fraction of sp³-hybridized carbons (Fsp3) is 0.611. The summed E-state index contributed by atoms with van der Waals surface area (Å²) in [7, 11) is 1.83. The number of benzene rings is 1. The Kier molecular flexibility index (Phi) is 6.02. The first kappa shape index (κ1) is 17.8. The van der Waals surface area contributed by atoms with E-state index in [2.05, 4.69) is 22.3 Å². The van der Waals surface area contributed by atoms with Crippen LogP contribution in [0.25, 0.3) is 0 Å². The van der Waals surface area contributed by atoms with Crippen LogP contribution in [-0.2, 0) is 4.79 Å². The van der Waals surface area contributed by atoms with Crippen molar-refractivity contribution in [3.05, 3.63) is 24.3 Å². The van der Waals surface area contributed by atoms with E-state index in [0.717, 1.165) is 18.8 Å². The van der Waals surface area contributed by atoms with Gasteiger partial charge in [-0.05, 0) is 64.4 Å². The molecule has 1 aromatic carbocycles. The van der Waals surface area contributed by atoms with E-state index in [9.17, 15) is 9.90 Å². The summed E-state index contributed by atoms with van der Waals surface area (Å²) in [5.41, 5.74) is 1.24. The molecule has 5 nitrogen and oxygen atoms in total. The first-order valence-electron chi connectivity index (χ1n) is 8.39. The number of carbonyl (C=O) groups excluding carboxylic acids is 1. The number of amides is 1. The zero-order valence-corrected chi connectivity index (χ0v) is 14.5. The van der Waals surface area contributed by atoms with Crippen molar-refractivity contribution in [1.82, 2.24) is 4.90 Å². The van der Waals surface area contributed by atoms with Crippen LogP contribution in [0.3, 0.4) is 0 Å². The minimum absolute atomic E-state index is 0.0672. The molecule has 0 atom stereocenters. The van der Waals surface area contributed by atoms with E-state index < -0.39 is 5.60 Å². The van der Waals surface area contributed by atoms with Gasteiger partial charge in [-0.15, -0.1) is 0 Å². The molecule has 1 fully saturated rings. The highest BCUT2D eigenvalue weighted by atomic mass is 16.3. The van der Waals surface area contributed by atoms with Crippen LogP contribution < -0.4 is 10.2 Å². The van der Waals surface area contributed by atoms with Gasteiger partial charge in [0.15, 0.2) is 0 Å². The van der Waals surface area contributed by atoms with Crippen LogP contribution in [0.5, 0.6) is 0 Å². The van der Waals surface area contributed by atoms with Crippen LogP contribution in [0.1, 0.15) is 33.1 Å². The molecule has 0 aliphatic carbocycles. The van der Waals surface area contributed by atoms with E-state index in [1.54, 1.807) is 13.8 Å². The Morgan fingerprint density at radius 1 is 1.22 bits per heavy atom. The molecule has 2 rings (SSSR count). The largest absolute Gasteiger partial charge is 0.389 e. The van der Waals surface area contributed by atoms with Gasteiger partial charge in [-0.1, -0.05) is 0 Å². The second kappa shape index (κ2) is 7.79. The van der Waals surface area contributed by atoms with Gasteiger partial charge in [-0.25, -0.2) is 0 Å². The molecule has 128 valence electrons. The molecule has 5 heteroatoms. The van der Waals surface area contributed by atoms with E-state index >= 15 is 0 Å². The van der Waals surface area contributed by atoms with Crippen LogP contribution in [0.2, 0.25) is 0 Å². The summed E-state index contributed by atoms with van der Waals surface area (Å²) in [4.78, 5) is 16.3. The highest BCUT2D eigenvalue weighted by molar-refractivity contribution is 5.92. The Hall–Kier alpha value is -1.59. The number of rotatable bonds is 6. The molecule has 0 spiro atoms. The van der Waals surface area contributed by atoms with Gasteiger partial charge in [0, 0.05) is 31.0 Å². The lowest BCUT2D eigenvalue weighted by atomic mass is 10.1. The van der Waals surface area contributed by atoms with Crippen LogP contribution >= 0.6 is 0 Å². The number of nitrogens with zero attached hydrogens (tertiary/aromatic N) is 2. The number of likely N-dealkylation sites (N-methyl/N-ethyl adjacent to an activating group) is 1. The number of piperidine rings is 1. The zero-order valence-electron chi connectivity index (χ0n) is 14.5. The minimum Gasteiger partial charge on any atom is -0.389 e. The average Bonchev–Trinajstić information content (AvgIpc) is 2.46. The molecule has 0 aromatic heterocycles. The summed E-state index contributed by atoms with van der Waals surface area (Å²) in [6.45, 7) is 6.43. The van der Waals surface area contributed by atoms with E-state index in [1.165, 1.54) is 24.9 Å². The molecule has 0 unspecified atom stereocenters. The van der Waals surface area contributed by atoms with Gasteiger partial charge < -0.3 is 15.3 Å². The number of hydrogen-bond donors (Lipinski definition) is 2. The van der Waals surface area contributed by atoms with Gasteiger partial charge in [0.25, 0.3) is 0 Å². The average molecular weight is 319 g/mol. The van der Waals surface area contributed by atoms with Crippen LogP contribution in [0.4, 0.5) is 11.4 Å². The maximum atomic E-state index is 12.1. The van der Waals surface area contributed by atoms with Crippen LogP contribution in [-0.4, -0.2) is 54.7 Å². The lowest BCUT2D eigenvalue weighted by molar-refractivity contribution is -0.117. The third-order valence-corrected chi connectivity index (χ3v) is 3.94. The molecule has 1 saturated heterocycles. The summed E-state index contributed by atoms with van der Waals surface area (Å²) in [6.07, 6.45) is 3.83. The maximum absolute atomic E-state index is 12.1. The molecule has 1 heterocycles. The molecule has 0 bridgehead atoms. The standard InChI is InChI=1S/C18H29N3O2/c1-18(2,23)14-20(3)13-17(22)19-15-7-9-16(10-8-15)21-11-5-4-6-12-21/h7-10,23H,4-6,11-14H2,1-3H3,(H,19,22). The molecule has 23 heavy (non-hydrogen) atoms. The van der Waals surface area contributed by atoms with Crippen molar-refractivity contribution in [2.24, 2.45) is 0 Å². The molecular formula is C18H29N3O2. The van der Waals surface area contributed by atoms with E-state index in [0.29, 0.717) is 6.54 Å². The molecule has 0 radical (unpaired) electrons. The number of anilines is 2. The lowest BCUT2D eigenvalue weighted by Gasteiger charge is -2.29. The molecule has 1 aliphatic heterocycles. The Bertz CT molecular complexity index is 502. The van der Waals surface area contributed by atoms with Gasteiger partial charge in [0.05, 0.1) is 12.1 Å². The summed E-state index contributed by atoms with van der Waals surface area (Å²) in [5, 5.41) is 12.7. The maximum Gasteiger partial charge on any atom is 0.238 e. The number of carbonyl (C=O) groups is 1. The van der Waals surface area contributed by atoms with Crippen molar-refractivity contribution in [3.8, 4) is 0 Å². The zero-order chi connectivity index (χ0) is 16.9. The van der Waals surface area contributed by atoms with Crippen molar-refractivity contribution in [2.75, 3.05) is 43.4 Å². The lowest BCUT2D eigenvalue weighted by Crippen LogP contribution is -2.40. The molecular weight excluding hydrogens is 290 g/mol. The van der Waals surface area contributed by atoms with E-state index in [4.69, 9.17) is 0 Å². The smallest absolute Gasteiger partial charge is 0.238 e. The van der Waals surface area contributed by atoms with E-state index in [-0.39, 0.29) is 12.5 Å². The predicted molar refractivity (Wildman–Crippen MR) is 94.9 cm³/mol. The third kappa shape index (κ3) is 6.20. The minimum atomic E-state index is -0.800. The second-order valence-corrected chi connectivity index (χ2v) is 7.13. The summed E-state index contributed by atoms with van der Waals surface area (Å²) in [5.74, 6) is -0.0672. The molecule has 0 saturated carbocycles. The van der Waals surface area contributed by atoms with Gasteiger partial charge in [0.2, 0.25) is 5.91 Å². The molecule has 1 aliphatic rings. The number of aliphatic hydroxyl groups is 1. The van der Waals surface area contributed by atoms with Crippen LogP contribution in [0.15, 0.2) is 24.3 Å². The fourth-order valence-electron chi connectivity index (χ4n) is 3.07. The van der Waals surface area contributed by atoms with Gasteiger partial charge >= 0.3 is 0 Å². The van der Waals surface area contributed by atoms with Gasteiger partial charge in [0.1, 0.15) is 0 Å². The van der Waals surface area contributed by atoms with Crippen molar-refractivity contribution in [2.45, 2.75) is 38.7 Å². The second-order valence-electron chi connectivity index (χ2n) is 7.13. The molecule has 1 aromatic rings. The van der Waals surface area contributed by atoms with Gasteiger partial charge in [-0.2, -0.15) is 0 Å². The SMILES string of the molecule is CN(CC(=O)Nc1ccc(N2CCCCC2)cc1)CC(C)(C)O. The van der Waals surface area contributed by atoms with E-state index in [1.807, 2.05) is 24.1 Å². The highest BCUT2D eigenvalue weighted by Gasteiger charge is 2.17. The summed E-state index contributed by atoms with van der Waals surface area (Å²) in [6, 6.07) is 8.05. The van der Waals surface area contributed by atoms with Crippen molar-refractivity contribution in [1.29, 1.82) is 0 Å². The highest BCUT2D eigenvalue weighted by Crippen LogP contribution is 2.21. The Morgan fingerprint density at radius 2 is 1.83 bits per heavy atom. The Morgan fingerprint density at radius 3 is 2.39 bits per heavy atom. The summed E-state index contributed by atoms with van der Waals surface area (Å²) < 4.78 is 0. The fourth-order valence-corrected chi connectivity index (χ4v) is 3.07.